The molecule has 6 rings (SSSR count). The van der Waals surface area contributed by atoms with Crippen LogP contribution in [-0.2, 0) is 16.9 Å². The molecular weight excluding hydrogens is 510 g/mol. The van der Waals surface area contributed by atoms with Gasteiger partial charge in [-0.05, 0) is 42.8 Å². The second kappa shape index (κ2) is 9.81. The van der Waals surface area contributed by atoms with Crippen LogP contribution in [0.25, 0.3) is 33.6 Å². The van der Waals surface area contributed by atoms with Crippen LogP contribution in [-0.4, -0.2) is 46.2 Å². The first-order valence-corrected chi connectivity index (χ1v) is 12.6. The van der Waals surface area contributed by atoms with Crippen molar-refractivity contribution < 1.29 is 23.5 Å². The molecular formula is C30H25N5O5. The largest absolute Gasteiger partial charge is 0.493 e. The van der Waals surface area contributed by atoms with Crippen LogP contribution < -0.4 is 14.8 Å². The molecule has 0 bridgehead atoms. The van der Waals surface area contributed by atoms with Crippen LogP contribution in [0.4, 0.5) is 4.79 Å². The van der Waals surface area contributed by atoms with Gasteiger partial charge in [0.2, 0.25) is 11.8 Å². The summed E-state index contributed by atoms with van der Waals surface area (Å²) >= 11 is 0. The minimum atomic E-state index is -1.18. The minimum absolute atomic E-state index is 0.129. The Morgan fingerprint density at radius 3 is 2.42 bits per heavy atom. The van der Waals surface area contributed by atoms with Crippen molar-refractivity contribution in [3.05, 3.63) is 90.3 Å². The number of methoxy groups -OCH3 is 2. The molecule has 3 amide bonds. The van der Waals surface area contributed by atoms with Crippen molar-refractivity contribution in [2.75, 3.05) is 14.2 Å². The number of pyridine rings is 1. The Kier molecular flexibility index (Phi) is 6.14. The maximum atomic E-state index is 13.3. The topological polar surface area (TPSA) is 120 Å². The predicted molar refractivity (Wildman–Crippen MR) is 146 cm³/mol. The molecule has 1 fully saturated rings. The summed E-state index contributed by atoms with van der Waals surface area (Å²) < 4.78 is 16.8. The lowest BCUT2D eigenvalue weighted by Crippen LogP contribution is -2.40. The molecule has 0 unspecified atom stereocenters. The lowest BCUT2D eigenvalue weighted by molar-refractivity contribution is -0.131. The maximum Gasteiger partial charge on any atom is 0.325 e. The summed E-state index contributed by atoms with van der Waals surface area (Å²) in [5.74, 6) is 1.16. The van der Waals surface area contributed by atoms with Gasteiger partial charge in [-0.2, -0.15) is 0 Å². The smallest absolute Gasteiger partial charge is 0.325 e. The molecule has 0 spiro atoms. The Balaban J connectivity index is 1.34. The first kappa shape index (κ1) is 25.1. The zero-order chi connectivity index (χ0) is 27.9. The number of benzene rings is 3. The van der Waals surface area contributed by atoms with E-state index in [2.05, 4.69) is 15.5 Å². The molecule has 3 heterocycles. The number of para-hydroxylation sites is 1. The van der Waals surface area contributed by atoms with Gasteiger partial charge in [0.15, 0.2) is 11.5 Å². The Hall–Kier alpha value is -5.25. The van der Waals surface area contributed by atoms with Gasteiger partial charge in [-0.15, -0.1) is 10.2 Å². The van der Waals surface area contributed by atoms with E-state index in [4.69, 9.17) is 18.9 Å². The molecule has 5 aromatic rings. The molecule has 1 N–H and O–H groups in total. The van der Waals surface area contributed by atoms with Crippen LogP contribution in [0.1, 0.15) is 18.4 Å². The second-order valence-corrected chi connectivity index (χ2v) is 9.46. The first-order valence-electron chi connectivity index (χ1n) is 12.6. The lowest BCUT2D eigenvalue weighted by Gasteiger charge is -2.21. The molecule has 0 saturated carbocycles. The lowest BCUT2D eigenvalue weighted by atomic mass is 9.92. The number of imide groups is 1. The van der Waals surface area contributed by atoms with Crippen molar-refractivity contribution in [3.8, 4) is 34.2 Å². The van der Waals surface area contributed by atoms with Crippen LogP contribution in [0.15, 0.2) is 83.3 Å². The highest BCUT2D eigenvalue weighted by molar-refractivity contribution is 6.07. The molecule has 0 aliphatic carbocycles. The van der Waals surface area contributed by atoms with Crippen molar-refractivity contribution >= 4 is 22.8 Å². The summed E-state index contributed by atoms with van der Waals surface area (Å²) in [4.78, 5) is 32.0. The average molecular weight is 536 g/mol. The molecule has 3 aromatic carbocycles. The van der Waals surface area contributed by atoms with Crippen molar-refractivity contribution in [2.24, 2.45) is 0 Å². The number of hydrogen-bond acceptors (Lipinski definition) is 8. The third kappa shape index (κ3) is 4.19. The van der Waals surface area contributed by atoms with Crippen LogP contribution in [0.2, 0.25) is 0 Å². The number of urea groups is 1. The van der Waals surface area contributed by atoms with Crippen molar-refractivity contribution in [1.29, 1.82) is 0 Å². The SMILES string of the molecule is COc1ccc(-c2cc(-c3nnc(CN4C(=O)N[C@@](C)(c5ccccc5)C4=O)o3)c3ccccc3n2)cc1OC. The highest BCUT2D eigenvalue weighted by atomic mass is 16.5. The number of hydrogen-bond donors (Lipinski definition) is 1. The summed E-state index contributed by atoms with van der Waals surface area (Å²) in [7, 11) is 3.16. The number of nitrogens with zero attached hydrogens (tertiary/aromatic N) is 4. The molecule has 10 nitrogen and oxygen atoms in total. The Labute approximate surface area is 229 Å². The van der Waals surface area contributed by atoms with Crippen LogP contribution in [0, 0.1) is 0 Å². The number of fused-ring (bicyclic) bond motifs is 1. The van der Waals surface area contributed by atoms with E-state index in [0.29, 0.717) is 28.3 Å². The molecule has 1 atom stereocenters. The van der Waals surface area contributed by atoms with Crippen molar-refractivity contribution in [3.63, 3.8) is 0 Å². The van der Waals surface area contributed by atoms with Crippen LogP contribution in [0.5, 0.6) is 11.5 Å². The first-order chi connectivity index (χ1) is 19.4. The standard InChI is InChI=1S/C30H25N5O5/c1-30(19-9-5-4-6-10-19)28(36)35(29(37)32-30)17-26-33-34-27(40-26)21-16-23(31-22-12-8-7-11-20(21)22)18-13-14-24(38-2)25(15-18)39-3/h4-16H,17H2,1-3H3,(H,32,37)/t30-/m0/s1. The van der Waals surface area contributed by atoms with Gasteiger partial charge >= 0.3 is 6.03 Å². The highest BCUT2D eigenvalue weighted by Crippen LogP contribution is 2.36. The van der Waals surface area contributed by atoms with E-state index in [9.17, 15) is 9.59 Å². The molecule has 10 heteroatoms. The maximum absolute atomic E-state index is 13.3. The summed E-state index contributed by atoms with van der Waals surface area (Å²) in [5, 5.41) is 12.0. The molecule has 2 aromatic heterocycles. The fraction of sp³-hybridized carbons (Fsp3) is 0.167. The molecule has 1 aliphatic heterocycles. The summed E-state index contributed by atoms with van der Waals surface area (Å²) in [6.45, 7) is 1.52. The number of carbonyl (C=O) groups excluding carboxylic acids is 2. The number of nitrogens with one attached hydrogen (secondary N) is 1. The fourth-order valence-electron chi connectivity index (χ4n) is 4.87. The Bertz CT molecular complexity index is 1750. The quantitative estimate of drug-likeness (QED) is 0.291. The average Bonchev–Trinajstić information content (AvgIpc) is 3.55. The molecule has 1 aliphatic rings. The molecule has 1 saturated heterocycles. The number of amides is 3. The van der Waals surface area contributed by atoms with Gasteiger partial charge in [-0.1, -0.05) is 48.5 Å². The van der Waals surface area contributed by atoms with Gasteiger partial charge in [0.25, 0.3) is 5.91 Å². The Morgan fingerprint density at radius 1 is 0.900 bits per heavy atom. The molecule has 0 radical (unpaired) electrons. The highest BCUT2D eigenvalue weighted by Gasteiger charge is 2.49. The van der Waals surface area contributed by atoms with Gasteiger partial charge in [0.05, 0.1) is 31.0 Å². The van der Waals surface area contributed by atoms with E-state index < -0.39 is 17.5 Å². The number of rotatable bonds is 7. The van der Waals surface area contributed by atoms with E-state index in [0.717, 1.165) is 21.4 Å². The van der Waals surface area contributed by atoms with E-state index in [1.807, 2.05) is 66.7 Å². The van der Waals surface area contributed by atoms with Crippen molar-refractivity contribution in [1.82, 2.24) is 25.4 Å². The van der Waals surface area contributed by atoms with Gasteiger partial charge in [0, 0.05) is 10.9 Å². The summed E-state index contributed by atoms with van der Waals surface area (Å²) in [6, 6.07) is 23.6. The van der Waals surface area contributed by atoms with E-state index >= 15 is 0 Å². The van der Waals surface area contributed by atoms with E-state index in [1.165, 1.54) is 0 Å². The van der Waals surface area contributed by atoms with Gasteiger partial charge in [0.1, 0.15) is 12.1 Å². The summed E-state index contributed by atoms with van der Waals surface area (Å²) in [5.41, 5.74) is 2.38. The summed E-state index contributed by atoms with van der Waals surface area (Å²) in [6.07, 6.45) is 0. The van der Waals surface area contributed by atoms with Crippen LogP contribution >= 0.6 is 0 Å². The van der Waals surface area contributed by atoms with Crippen molar-refractivity contribution in [2.45, 2.75) is 19.0 Å². The number of aromatic nitrogens is 3. The second-order valence-electron chi connectivity index (χ2n) is 9.46. The monoisotopic (exact) mass is 535 g/mol. The number of carbonyl (C=O) groups is 2. The van der Waals surface area contributed by atoms with Gasteiger partial charge < -0.3 is 19.2 Å². The third-order valence-corrected chi connectivity index (χ3v) is 7.01. The van der Waals surface area contributed by atoms with Crippen LogP contribution in [0.3, 0.4) is 0 Å². The normalized spacial score (nSPS) is 16.8. The zero-order valence-electron chi connectivity index (χ0n) is 22.0. The molecule has 40 heavy (non-hydrogen) atoms. The predicted octanol–water partition coefficient (Wildman–Crippen LogP) is 4.94. The number of ether oxygens (including phenoxy) is 2. The fourth-order valence-corrected chi connectivity index (χ4v) is 4.87. The van der Waals surface area contributed by atoms with Gasteiger partial charge in [-0.25, -0.2) is 9.78 Å². The Morgan fingerprint density at radius 2 is 1.65 bits per heavy atom. The third-order valence-electron chi connectivity index (χ3n) is 7.01. The van der Waals surface area contributed by atoms with E-state index in [-0.39, 0.29) is 18.3 Å². The van der Waals surface area contributed by atoms with Gasteiger partial charge in [-0.3, -0.25) is 9.69 Å². The van der Waals surface area contributed by atoms with E-state index in [1.54, 1.807) is 33.3 Å². The zero-order valence-corrected chi connectivity index (χ0v) is 22.0. The molecule has 200 valence electrons. The minimum Gasteiger partial charge on any atom is -0.493 e.